The van der Waals surface area contributed by atoms with Gasteiger partial charge in [0.15, 0.2) is 6.03 Å². The number of benzene rings is 1. The molecule has 0 spiro atoms. The van der Waals surface area contributed by atoms with Gasteiger partial charge in [-0.1, -0.05) is 50.7 Å². The molecule has 1 aromatic carbocycles. The number of allylic oxidation sites excluding steroid dienone is 1. The van der Waals surface area contributed by atoms with Gasteiger partial charge >= 0.3 is 29.6 Å². The molecule has 1 heterocycles. The molecule has 156 valence electrons. The van der Waals surface area contributed by atoms with Crippen molar-refractivity contribution < 1.29 is 44.2 Å². The van der Waals surface area contributed by atoms with Gasteiger partial charge < -0.3 is 30.3 Å². The average Bonchev–Trinajstić information content (AvgIpc) is 2.71. The second-order valence-electron chi connectivity index (χ2n) is 5.69. The Labute approximate surface area is 200 Å². The van der Waals surface area contributed by atoms with Gasteiger partial charge in [-0.15, -0.1) is 0 Å². The van der Waals surface area contributed by atoms with Crippen LogP contribution in [0.25, 0.3) is 5.32 Å². The standard InChI is InChI=1S/C17H24ClN5O3.C2H6.Na/c1-19-17(25)23(11-24)15-14(22(2)3)10-20-16(21-15)26-9-8-12-6-4-5-7-13(12)18;1-2;/h4-7,10,16,24H,8-9,11H2,1-3H3,(H2,19,20,21,25);1-2H3;/q;;+1/p-1. The van der Waals surface area contributed by atoms with E-state index in [0.717, 1.165) is 10.5 Å². The van der Waals surface area contributed by atoms with E-state index in [-0.39, 0.29) is 29.6 Å². The minimum absolute atomic E-state index is 0. The van der Waals surface area contributed by atoms with Crippen LogP contribution in [0, 0.1) is 0 Å². The van der Waals surface area contributed by atoms with Gasteiger partial charge in [-0.2, -0.15) is 0 Å². The molecule has 0 saturated heterocycles. The monoisotopic (exact) mass is 433 g/mol. The zero-order valence-corrected chi connectivity index (χ0v) is 20.8. The number of urea groups is 1. The average molecular weight is 434 g/mol. The van der Waals surface area contributed by atoms with Crippen LogP contribution in [0.1, 0.15) is 19.4 Å². The van der Waals surface area contributed by atoms with E-state index < -0.39 is 19.1 Å². The van der Waals surface area contributed by atoms with Crippen molar-refractivity contribution in [3.8, 4) is 0 Å². The molecular weight excluding hydrogens is 405 g/mol. The van der Waals surface area contributed by atoms with E-state index >= 15 is 0 Å². The summed E-state index contributed by atoms with van der Waals surface area (Å²) in [5.74, 6) is 0.380. The molecule has 0 aliphatic carbocycles. The number of aliphatic hydroxyl groups excluding tert-OH is 1. The fourth-order valence-electron chi connectivity index (χ4n) is 2.38. The Morgan fingerprint density at radius 1 is 1.34 bits per heavy atom. The maximum Gasteiger partial charge on any atom is 1.00 e. The number of ether oxygens (including phenoxy) is 1. The van der Waals surface area contributed by atoms with Crippen LogP contribution in [0.15, 0.2) is 40.8 Å². The Morgan fingerprint density at radius 3 is 2.55 bits per heavy atom. The number of rotatable bonds is 7. The molecule has 2 rings (SSSR count). The van der Waals surface area contributed by atoms with E-state index in [9.17, 15) is 9.90 Å². The van der Waals surface area contributed by atoms with E-state index in [1.807, 2.05) is 52.2 Å². The molecule has 0 bridgehead atoms. The molecule has 0 saturated carbocycles. The number of hydrogen-bond donors (Lipinski definition) is 2. The summed E-state index contributed by atoms with van der Waals surface area (Å²) in [6.45, 7) is 3.87. The summed E-state index contributed by atoms with van der Waals surface area (Å²) in [5.41, 5.74) is 1.61. The molecule has 1 unspecified atom stereocenters. The molecule has 1 aromatic rings. The van der Waals surface area contributed by atoms with Crippen molar-refractivity contribution in [2.24, 2.45) is 4.99 Å². The van der Waals surface area contributed by atoms with Crippen LogP contribution in [-0.4, -0.2) is 68.0 Å². The number of amides is 2. The Hall–Kier alpha value is -1.29. The Bertz CT molecular complexity index is 700. The molecule has 1 atom stereocenters. The number of hydrogen-bond acceptors (Lipinski definition) is 6. The number of nitrogens with zero attached hydrogens (tertiary/aromatic N) is 4. The second kappa shape index (κ2) is 14.7. The minimum Gasteiger partial charge on any atom is -0.434 e. The predicted molar refractivity (Wildman–Crippen MR) is 112 cm³/mol. The summed E-state index contributed by atoms with van der Waals surface area (Å²) in [6, 6.07) is 6.99. The van der Waals surface area contributed by atoms with Crippen molar-refractivity contribution in [2.75, 3.05) is 34.5 Å². The Balaban J connectivity index is 0.00000253. The maximum atomic E-state index is 12.0. The van der Waals surface area contributed by atoms with Crippen LogP contribution in [0.2, 0.25) is 5.02 Å². The Kier molecular flexibility index (Phi) is 14.0. The fourth-order valence-corrected chi connectivity index (χ4v) is 2.62. The molecular formula is C19H29ClN5NaO3. The first kappa shape index (κ1) is 27.7. The summed E-state index contributed by atoms with van der Waals surface area (Å²) in [4.78, 5) is 19.1. The number of carbonyl (C=O) groups excluding carboxylic acids is 1. The number of aliphatic hydroxyl groups is 1. The van der Waals surface area contributed by atoms with E-state index in [1.165, 1.54) is 7.05 Å². The molecule has 29 heavy (non-hydrogen) atoms. The van der Waals surface area contributed by atoms with Crippen molar-refractivity contribution in [2.45, 2.75) is 26.6 Å². The van der Waals surface area contributed by atoms with Gasteiger partial charge in [0.1, 0.15) is 0 Å². The summed E-state index contributed by atoms with van der Waals surface area (Å²) in [7, 11) is 4.99. The Morgan fingerprint density at radius 2 is 2.00 bits per heavy atom. The van der Waals surface area contributed by atoms with Crippen molar-refractivity contribution >= 4 is 23.8 Å². The van der Waals surface area contributed by atoms with Gasteiger partial charge in [0.2, 0.25) is 6.35 Å². The normalized spacial score (nSPS) is 14.8. The van der Waals surface area contributed by atoms with Crippen molar-refractivity contribution in [3.63, 3.8) is 0 Å². The largest absolute Gasteiger partial charge is 1.00 e. The SMILES string of the molecule is CC.C[N-]C(=O)N(CO)C1=C(N(C)C)C=NC(OCCc2ccccc2Cl)N1.[Na+]. The first-order valence-corrected chi connectivity index (χ1v) is 9.44. The number of carbonyl (C=O) groups is 1. The number of nitrogens with one attached hydrogen (secondary N) is 1. The smallest absolute Gasteiger partial charge is 0.434 e. The molecule has 8 nitrogen and oxygen atoms in total. The topological polar surface area (TPSA) is 91.5 Å². The van der Waals surface area contributed by atoms with Crippen LogP contribution in [0.3, 0.4) is 0 Å². The second-order valence-corrected chi connectivity index (χ2v) is 6.10. The summed E-state index contributed by atoms with van der Waals surface area (Å²) >= 11 is 6.14. The quantitative estimate of drug-likeness (QED) is 0.466. The maximum absolute atomic E-state index is 12.0. The first-order chi connectivity index (χ1) is 13.5. The molecule has 0 aromatic heterocycles. The molecule has 10 heteroatoms. The minimum atomic E-state index is -0.685. The van der Waals surface area contributed by atoms with E-state index in [4.69, 9.17) is 16.3 Å². The van der Waals surface area contributed by atoms with E-state index in [2.05, 4.69) is 15.6 Å². The van der Waals surface area contributed by atoms with Crippen LogP contribution in [0.5, 0.6) is 0 Å². The molecule has 2 N–H and O–H groups in total. The summed E-state index contributed by atoms with van der Waals surface area (Å²) in [5, 5.41) is 16.9. The first-order valence-electron chi connectivity index (χ1n) is 9.06. The van der Waals surface area contributed by atoms with Gasteiger partial charge in [0.25, 0.3) is 0 Å². The van der Waals surface area contributed by atoms with Crippen molar-refractivity contribution in [1.82, 2.24) is 15.1 Å². The van der Waals surface area contributed by atoms with Gasteiger partial charge in [-0.05, 0) is 18.1 Å². The third-order valence-corrected chi connectivity index (χ3v) is 4.12. The molecule has 1 aliphatic rings. The van der Waals surface area contributed by atoms with Crippen LogP contribution < -0.4 is 34.9 Å². The molecule has 1 aliphatic heterocycles. The summed E-state index contributed by atoms with van der Waals surface area (Å²) in [6.07, 6.45) is 1.53. The van der Waals surface area contributed by atoms with Gasteiger partial charge in [-0.3, -0.25) is 4.79 Å². The van der Waals surface area contributed by atoms with Crippen LogP contribution >= 0.6 is 11.6 Å². The van der Waals surface area contributed by atoms with Gasteiger partial charge in [-0.25, -0.2) is 4.99 Å². The van der Waals surface area contributed by atoms with E-state index in [0.29, 0.717) is 29.6 Å². The van der Waals surface area contributed by atoms with Gasteiger partial charge in [0.05, 0.1) is 31.1 Å². The van der Waals surface area contributed by atoms with E-state index in [1.54, 1.807) is 11.1 Å². The van der Waals surface area contributed by atoms with Crippen LogP contribution in [-0.2, 0) is 11.2 Å². The van der Waals surface area contributed by atoms with Gasteiger partial charge in [0, 0.05) is 19.1 Å². The third kappa shape index (κ3) is 8.16. The summed E-state index contributed by atoms with van der Waals surface area (Å²) < 4.78 is 5.74. The zero-order chi connectivity index (χ0) is 21.1. The molecule has 0 radical (unpaired) electrons. The molecule has 2 amide bonds. The predicted octanol–water partition coefficient (Wildman–Crippen LogP) is -0.00710. The number of aliphatic imine (C=N–C) groups is 1. The fraction of sp³-hybridized carbons (Fsp3) is 0.474. The number of halogens is 1. The van der Waals surface area contributed by atoms with Crippen molar-refractivity contribution in [1.29, 1.82) is 0 Å². The molecule has 0 fully saturated rings. The zero-order valence-electron chi connectivity index (χ0n) is 18.0. The van der Waals surface area contributed by atoms with Crippen LogP contribution in [0.4, 0.5) is 4.79 Å². The third-order valence-electron chi connectivity index (χ3n) is 3.76. The van der Waals surface area contributed by atoms with Crippen molar-refractivity contribution in [3.05, 3.63) is 51.7 Å².